The van der Waals surface area contributed by atoms with Gasteiger partial charge in [-0.15, -0.1) is 0 Å². The fourth-order valence-electron chi connectivity index (χ4n) is 2.17. The molecule has 20 heavy (non-hydrogen) atoms. The number of ether oxygens (including phenoxy) is 1. The summed E-state index contributed by atoms with van der Waals surface area (Å²) in [5, 5.41) is 11.6. The molecule has 1 rings (SSSR count). The van der Waals surface area contributed by atoms with Crippen LogP contribution in [0, 0.1) is 0 Å². The van der Waals surface area contributed by atoms with E-state index in [9.17, 15) is 9.59 Å². The summed E-state index contributed by atoms with van der Waals surface area (Å²) >= 11 is 0. The summed E-state index contributed by atoms with van der Waals surface area (Å²) < 4.78 is 5.15. The smallest absolute Gasteiger partial charge is 0.408 e. The number of nitrogens with one attached hydrogen (secondary N) is 1. The summed E-state index contributed by atoms with van der Waals surface area (Å²) in [4.78, 5) is 25.8. The molecule has 1 fully saturated rings. The average molecular weight is 286 g/mol. The summed E-state index contributed by atoms with van der Waals surface area (Å²) in [5.74, 6) is -0.135. The highest BCUT2D eigenvalue weighted by molar-refractivity contribution is 5.85. The third-order valence-electron chi connectivity index (χ3n) is 3.07. The minimum Gasteiger partial charge on any atom is -0.444 e. The third kappa shape index (κ3) is 5.77. The Labute approximate surface area is 120 Å². The van der Waals surface area contributed by atoms with E-state index < -0.39 is 17.7 Å². The van der Waals surface area contributed by atoms with Gasteiger partial charge in [0.15, 0.2) is 0 Å². The van der Waals surface area contributed by atoms with Crippen molar-refractivity contribution >= 4 is 12.0 Å². The van der Waals surface area contributed by atoms with Crippen LogP contribution >= 0.6 is 0 Å². The summed E-state index contributed by atoms with van der Waals surface area (Å²) in [6.45, 7) is 6.58. The Hall–Kier alpha value is -1.30. The van der Waals surface area contributed by atoms with Crippen LogP contribution in [0.2, 0.25) is 0 Å². The lowest BCUT2D eigenvalue weighted by atomic mass is 10.1. The van der Waals surface area contributed by atoms with Crippen molar-refractivity contribution in [2.24, 2.45) is 0 Å². The molecule has 0 saturated carbocycles. The Morgan fingerprint density at radius 1 is 1.25 bits per heavy atom. The Bertz CT molecular complexity index is 333. The standard InChI is InChI=1S/C14H26N2O4/c1-14(2,3)20-13(19)15-11(7-10-17)12(18)16-8-5-4-6-9-16/h11,17H,4-10H2,1-3H3,(H,15,19). The molecule has 6 nitrogen and oxygen atoms in total. The van der Waals surface area contributed by atoms with E-state index in [0.717, 1.165) is 32.4 Å². The minimum atomic E-state index is -0.715. The van der Waals surface area contributed by atoms with Crippen LogP contribution in [0.25, 0.3) is 0 Å². The van der Waals surface area contributed by atoms with Gasteiger partial charge in [-0.25, -0.2) is 4.79 Å². The molecular formula is C14H26N2O4. The Kier molecular flexibility index (Phi) is 6.26. The zero-order chi connectivity index (χ0) is 15.2. The molecule has 1 unspecified atom stereocenters. The van der Waals surface area contributed by atoms with Crippen LogP contribution in [0.4, 0.5) is 4.79 Å². The SMILES string of the molecule is CC(C)(C)OC(=O)NC(CCO)C(=O)N1CCCCC1. The molecule has 2 N–H and O–H groups in total. The lowest BCUT2D eigenvalue weighted by Crippen LogP contribution is -2.51. The molecular weight excluding hydrogens is 260 g/mol. The zero-order valence-electron chi connectivity index (χ0n) is 12.6. The maximum absolute atomic E-state index is 12.3. The summed E-state index contributed by atoms with van der Waals surface area (Å²) in [6.07, 6.45) is 2.69. The topological polar surface area (TPSA) is 78.9 Å². The first-order valence-electron chi connectivity index (χ1n) is 7.22. The van der Waals surface area contributed by atoms with Crippen LogP contribution < -0.4 is 5.32 Å². The van der Waals surface area contributed by atoms with Crippen LogP contribution in [-0.2, 0) is 9.53 Å². The van der Waals surface area contributed by atoms with Gasteiger partial charge in [-0.1, -0.05) is 0 Å². The molecule has 0 aromatic heterocycles. The van der Waals surface area contributed by atoms with Gasteiger partial charge in [0.2, 0.25) is 5.91 Å². The molecule has 6 heteroatoms. The molecule has 0 aromatic rings. The van der Waals surface area contributed by atoms with Crippen LogP contribution in [-0.4, -0.2) is 53.3 Å². The number of rotatable bonds is 4. The van der Waals surface area contributed by atoms with Gasteiger partial charge in [0, 0.05) is 19.7 Å². The summed E-state index contributed by atoms with van der Waals surface area (Å²) in [5.41, 5.74) is -0.609. The highest BCUT2D eigenvalue weighted by Gasteiger charge is 2.28. The summed E-state index contributed by atoms with van der Waals surface area (Å²) in [6, 6.07) is -0.715. The van der Waals surface area contributed by atoms with Crippen LogP contribution in [0.1, 0.15) is 46.5 Å². The van der Waals surface area contributed by atoms with Crippen molar-refractivity contribution in [3.8, 4) is 0 Å². The largest absolute Gasteiger partial charge is 0.444 e. The van der Waals surface area contributed by atoms with Crippen LogP contribution in [0.5, 0.6) is 0 Å². The van der Waals surface area contributed by atoms with Crippen LogP contribution in [0.15, 0.2) is 0 Å². The molecule has 1 heterocycles. The van der Waals surface area contributed by atoms with Gasteiger partial charge in [-0.05, 0) is 46.5 Å². The van der Waals surface area contributed by atoms with E-state index in [2.05, 4.69) is 5.32 Å². The Balaban J connectivity index is 2.58. The first kappa shape index (κ1) is 16.8. The van der Waals surface area contributed by atoms with E-state index in [-0.39, 0.29) is 18.9 Å². The lowest BCUT2D eigenvalue weighted by Gasteiger charge is -2.31. The molecule has 1 aliphatic rings. The molecule has 0 aromatic carbocycles. The number of alkyl carbamates (subject to hydrolysis) is 1. The predicted molar refractivity (Wildman–Crippen MR) is 75.3 cm³/mol. The maximum atomic E-state index is 12.3. The van der Waals surface area contributed by atoms with Crippen molar-refractivity contribution in [1.29, 1.82) is 0 Å². The molecule has 0 radical (unpaired) electrons. The van der Waals surface area contributed by atoms with Gasteiger partial charge in [0.25, 0.3) is 0 Å². The van der Waals surface area contributed by atoms with Gasteiger partial charge < -0.3 is 20.1 Å². The molecule has 1 saturated heterocycles. The number of carbonyl (C=O) groups is 2. The molecule has 1 aliphatic heterocycles. The molecule has 0 aliphatic carbocycles. The summed E-state index contributed by atoms with van der Waals surface area (Å²) in [7, 11) is 0. The maximum Gasteiger partial charge on any atom is 0.408 e. The molecule has 0 bridgehead atoms. The quantitative estimate of drug-likeness (QED) is 0.816. The van der Waals surface area contributed by atoms with Crippen molar-refractivity contribution in [2.75, 3.05) is 19.7 Å². The number of nitrogens with zero attached hydrogens (tertiary/aromatic N) is 1. The molecule has 0 spiro atoms. The Morgan fingerprint density at radius 2 is 1.85 bits per heavy atom. The minimum absolute atomic E-state index is 0.135. The third-order valence-corrected chi connectivity index (χ3v) is 3.07. The average Bonchev–Trinajstić information content (AvgIpc) is 2.36. The number of aliphatic hydroxyl groups excluding tert-OH is 1. The fraction of sp³-hybridized carbons (Fsp3) is 0.857. The van der Waals surface area contributed by atoms with Crippen LogP contribution in [0.3, 0.4) is 0 Å². The molecule has 2 amide bonds. The van der Waals surface area contributed by atoms with Crippen molar-refractivity contribution in [2.45, 2.75) is 58.1 Å². The number of hydrogen-bond acceptors (Lipinski definition) is 4. The molecule has 116 valence electrons. The monoisotopic (exact) mass is 286 g/mol. The van der Waals surface area contributed by atoms with Gasteiger partial charge in [0.1, 0.15) is 11.6 Å². The second-order valence-electron chi connectivity index (χ2n) is 6.10. The fourth-order valence-corrected chi connectivity index (χ4v) is 2.17. The van der Waals surface area contributed by atoms with Crippen molar-refractivity contribution in [1.82, 2.24) is 10.2 Å². The van der Waals surface area contributed by atoms with Gasteiger partial charge in [-0.3, -0.25) is 4.79 Å². The second-order valence-corrected chi connectivity index (χ2v) is 6.10. The number of likely N-dealkylation sites (tertiary alicyclic amines) is 1. The van der Waals surface area contributed by atoms with Gasteiger partial charge in [-0.2, -0.15) is 0 Å². The first-order valence-corrected chi connectivity index (χ1v) is 7.22. The number of hydrogen-bond donors (Lipinski definition) is 2. The van der Waals surface area contributed by atoms with Gasteiger partial charge in [0.05, 0.1) is 0 Å². The highest BCUT2D eigenvalue weighted by Crippen LogP contribution is 2.12. The number of amides is 2. The zero-order valence-corrected chi connectivity index (χ0v) is 12.6. The highest BCUT2D eigenvalue weighted by atomic mass is 16.6. The van der Waals surface area contributed by atoms with E-state index >= 15 is 0 Å². The lowest BCUT2D eigenvalue weighted by molar-refractivity contribution is -0.134. The normalized spacial score (nSPS) is 17.5. The second kappa shape index (κ2) is 7.47. The van der Waals surface area contributed by atoms with E-state index in [4.69, 9.17) is 9.84 Å². The van der Waals surface area contributed by atoms with Gasteiger partial charge >= 0.3 is 6.09 Å². The number of carbonyl (C=O) groups excluding carboxylic acids is 2. The molecule has 1 atom stereocenters. The predicted octanol–water partition coefficient (Wildman–Crippen LogP) is 1.27. The van der Waals surface area contributed by atoms with E-state index in [1.54, 1.807) is 25.7 Å². The van der Waals surface area contributed by atoms with Crippen molar-refractivity contribution in [3.63, 3.8) is 0 Å². The van der Waals surface area contributed by atoms with E-state index in [1.165, 1.54) is 0 Å². The number of piperidine rings is 1. The van der Waals surface area contributed by atoms with Crippen molar-refractivity contribution in [3.05, 3.63) is 0 Å². The Morgan fingerprint density at radius 3 is 2.35 bits per heavy atom. The van der Waals surface area contributed by atoms with Crippen molar-refractivity contribution < 1.29 is 19.4 Å². The van der Waals surface area contributed by atoms with E-state index in [0.29, 0.717) is 0 Å². The number of aliphatic hydroxyl groups is 1. The first-order chi connectivity index (χ1) is 9.33. The van der Waals surface area contributed by atoms with E-state index in [1.807, 2.05) is 0 Å².